The number of rotatable bonds is 14. The Morgan fingerprint density at radius 3 is 1.94 bits per heavy atom. The summed E-state index contributed by atoms with van der Waals surface area (Å²) >= 11 is 5.23. The fraction of sp³-hybridized carbons (Fsp3) is 0.478. The Balaban J connectivity index is 2.29. The van der Waals surface area contributed by atoms with E-state index in [1.54, 1.807) is 0 Å². The van der Waals surface area contributed by atoms with Gasteiger partial charge in [-0.05, 0) is 18.9 Å². The summed E-state index contributed by atoms with van der Waals surface area (Å²) < 4.78 is 31.2. The number of hydrogen-bond acceptors (Lipinski definition) is 10. The van der Waals surface area contributed by atoms with E-state index in [0.29, 0.717) is 10.9 Å². The molecule has 0 aliphatic carbocycles. The van der Waals surface area contributed by atoms with E-state index in [1.807, 2.05) is 13.8 Å². The second-order valence-electron chi connectivity index (χ2n) is 7.14. The van der Waals surface area contributed by atoms with Gasteiger partial charge in [0, 0.05) is 34.7 Å². The summed E-state index contributed by atoms with van der Waals surface area (Å²) in [6.07, 6.45) is 3.17. The lowest BCUT2D eigenvalue weighted by molar-refractivity contribution is -0.147. The zero-order valence-corrected chi connectivity index (χ0v) is 19.8. The summed E-state index contributed by atoms with van der Waals surface area (Å²) in [5, 5.41) is 0.352. The molecule has 1 aromatic carbocycles. The predicted octanol–water partition coefficient (Wildman–Crippen LogP) is 4.11. The highest BCUT2D eigenvalue weighted by Gasteiger charge is 2.17. The molecule has 0 saturated carbocycles. The van der Waals surface area contributed by atoms with Crippen LogP contribution in [0.1, 0.15) is 45.1 Å². The molecule has 10 nitrogen and oxygen atoms in total. The normalized spacial score (nSPS) is 10.6. The van der Waals surface area contributed by atoms with Crippen LogP contribution in [-0.4, -0.2) is 43.8 Å². The molecule has 0 spiro atoms. The van der Waals surface area contributed by atoms with Crippen LogP contribution < -0.4 is 15.1 Å². The van der Waals surface area contributed by atoms with Gasteiger partial charge in [-0.15, -0.1) is 0 Å². The third kappa shape index (κ3) is 8.93. The van der Waals surface area contributed by atoms with Crippen molar-refractivity contribution >= 4 is 39.9 Å². The Morgan fingerprint density at radius 2 is 1.41 bits per heavy atom. The third-order valence-electron chi connectivity index (χ3n) is 4.45. The Hall–Kier alpha value is -3.27. The van der Waals surface area contributed by atoms with Crippen molar-refractivity contribution in [3.8, 4) is 11.5 Å². The van der Waals surface area contributed by atoms with Crippen LogP contribution >= 0.6 is 11.6 Å². The number of fused-ring (bicyclic) bond motifs is 1. The molecule has 0 aliphatic heterocycles. The van der Waals surface area contributed by atoms with Gasteiger partial charge in [-0.3, -0.25) is 0 Å². The Morgan fingerprint density at radius 1 is 0.853 bits per heavy atom. The van der Waals surface area contributed by atoms with E-state index in [0.717, 1.165) is 31.7 Å². The molecule has 0 radical (unpaired) electrons. The van der Waals surface area contributed by atoms with Crippen molar-refractivity contribution in [3.63, 3.8) is 0 Å². The van der Waals surface area contributed by atoms with Crippen molar-refractivity contribution in [2.24, 2.45) is 0 Å². The van der Waals surface area contributed by atoms with Gasteiger partial charge in [0.25, 0.3) is 0 Å². The Bertz CT molecular complexity index is 1050. The lowest BCUT2D eigenvalue weighted by atomic mass is 10.1. The lowest BCUT2D eigenvalue weighted by Gasteiger charge is -2.14. The monoisotopic (exact) mass is 498 g/mol. The fourth-order valence-corrected chi connectivity index (χ4v) is 2.79. The van der Waals surface area contributed by atoms with Gasteiger partial charge in [0.2, 0.25) is 0 Å². The molecule has 0 bridgehead atoms. The molecule has 1 heterocycles. The maximum atomic E-state index is 12.0. The first-order valence-electron chi connectivity index (χ1n) is 10.8. The van der Waals surface area contributed by atoms with Gasteiger partial charge in [0.1, 0.15) is 12.2 Å². The molecule has 1 aromatic heterocycles. The van der Waals surface area contributed by atoms with Crippen LogP contribution in [0.15, 0.2) is 27.4 Å². The number of unbranched alkanes of at least 4 members (excludes halogenated alkanes) is 2. The highest BCUT2D eigenvalue weighted by molar-refractivity contribution is 6.61. The summed E-state index contributed by atoms with van der Waals surface area (Å²) in [5.41, 5.74) is -1.37. The highest BCUT2D eigenvalue weighted by Crippen LogP contribution is 2.34. The van der Waals surface area contributed by atoms with Gasteiger partial charge in [-0.1, -0.05) is 26.7 Å². The average molecular weight is 499 g/mol. The van der Waals surface area contributed by atoms with E-state index in [1.165, 1.54) is 12.1 Å². The van der Waals surface area contributed by atoms with E-state index < -0.39 is 36.2 Å². The predicted molar refractivity (Wildman–Crippen MR) is 121 cm³/mol. The molecule has 0 amide bonds. The summed E-state index contributed by atoms with van der Waals surface area (Å²) in [6, 6.07) is 3.91. The lowest BCUT2D eigenvalue weighted by Crippen LogP contribution is -2.18. The summed E-state index contributed by atoms with van der Waals surface area (Å²) in [5.74, 6) is -1.07. The topological polar surface area (TPSA) is 128 Å². The fourth-order valence-electron chi connectivity index (χ4n) is 2.73. The minimum Gasteiger partial charge on any atom is -0.478 e. The molecule has 0 unspecified atom stereocenters. The average Bonchev–Trinajstić information content (AvgIpc) is 2.80. The maximum absolute atomic E-state index is 12.0. The van der Waals surface area contributed by atoms with E-state index in [2.05, 4.69) is 0 Å². The van der Waals surface area contributed by atoms with Crippen molar-refractivity contribution < 1.29 is 42.5 Å². The second-order valence-corrected chi connectivity index (χ2v) is 7.45. The summed E-state index contributed by atoms with van der Waals surface area (Å²) in [4.78, 5) is 46.9. The number of hydrogen-bond donors (Lipinski definition) is 0. The van der Waals surface area contributed by atoms with E-state index in [9.17, 15) is 19.2 Å². The molecule has 186 valence electrons. The first-order valence-corrected chi connectivity index (χ1v) is 11.2. The van der Waals surface area contributed by atoms with Gasteiger partial charge in [-0.25, -0.2) is 19.2 Å². The third-order valence-corrected chi connectivity index (χ3v) is 4.56. The molecule has 0 N–H and O–H groups in total. The van der Waals surface area contributed by atoms with E-state index >= 15 is 0 Å². The summed E-state index contributed by atoms with van der Waals surface area (Å²) in [6.45, 7) is 3.31. The number of esters is 2. The standard InChI is InChI=1S/C23H27ClO10/c1-3-5-7-29-21(26)13-31-18-10-16-15(12-33-23(24)28)9-20(25)34-17(16)11-19(18)32-14-22(27)30-8-6-4-2/h9-11H,3-8,12-14H2,1-2H3. The molecule has 0 aliphatic rings. The van der Waals surface area contributed by atoms with Gasteiger partial charge in [0.15, 0.2) is 24.7 Å². The number of benzene rings is 1. The van der Waals surface area contributed by atoms with Crippen LogP contribution in [0, 0.1) is 0 Å². The van der Waals surface area contributed by atoms with Gasteiger partial charge in [0.05, 0.1) is 13.2 Å². The molecule has 0 fully saturated rings. The van der Waals surface area contributed by atoms with Crippen molar-refractivity contribution in [2.45, 2.75) is 46.1 Å². The van der Waals surface area contributed by atoms with E-state index in [-0.39, 0.29) is 36.9 Å². The van der Waals surface area contributed by atoms with Crippen LogP contribution in [0.3, 0.4) is 0 Å². The number of carbonyl (C=O) groups excluding carboxylic acids is 3. The molecule has 34 heavy (non-hydrogen) atoms. The van der Waals surface area contributed by atoms with Crippen molar-refractivity contribution in [2.75, 3.05) is 26.4 Å². The quantitative estimate of drug-likeness (QED) is 0.123. The first kappa shape index (κ1) is 27.0. The molecule has 0 atom stereocenters. The molecule has 2 aromatic rings. The maximum Gasteiger partial charge on any atom is 0.404 e. The van der Waals surface area contributed by atoms with Crippen molar-refractivity contribution in [1.82, 2.24) is 0 Å². The van der Waals surface area contributed by atoms with Gasteiger partial charge in [-0.2, -0.15) is 0 Å². The van der Waals surface area contributed by atoms with E-state index in [4.69, 9.17) is 39.7 Å². The van der Waals surface area contributed by atoms with Crippen molar-refractivity contribution in [3.05, 3.63) is 34.2 Å². The SMILES string of the molecule is CCCCOC(=O)COc1cc2oc(=O)cc(COC(=O)Cl)c2cc1OCC(=O)OCCCC. The Kier molecular flexibility index (Phi) is 11.2. The van der Waals surface area contributed by atoms with Gasteiger partial charge >= 0.3 is 23.0 Å². The van der Waals surface area contributed by atoms with Crippen LogP contribution in [-0.2, 0) is 30.4 Å². The van der Waals surface area contributed by atoms with Crippen LogP contribution in [0.2, 0.25) is 0 Å². The van der Waals surface area contributed by atoms with Crippen LogP contribution in [0.25, 0.3) is 11.0 Å². The first-order chi connectivity index (χ1) is 16.3. The molecular formula is C23H27ClO10. The second kappa shape index (κ2) is 14.1. The zero-order valence-electron chi connectivity index (χ0n) is 19.1. The largest absolute Gasteiger partial charge is 0.478 e. The smallest absolute Gasteiger partial charge is 0.404 e. The minimum absolute atomic E-state index is 0.0379. The highest BCUT2D eigenvalue weighted by atomic mass is 35.5. The number of carbonyl (C=O) groups is 3. The molecule has 11 heteroatoms. The van der Waals surface area contributed by atoms with Crippen LogP contribution in [0.5, 0.6) is 11.5 Å². The van der Waals surface area contributed by atoms with Crippen molar-refractivity contribution in [1.29, 1.82) is 0 Å². The molecule has 0 saturated heterocycles. The van der Waals surface area contributed by atoms with Crippen LogP contribution in [0.4, 0.5) is 4.79 Å². The Labute approximate surface area is 201 Å². The van der Waals surface area contributed by atoms with Gasteiger partial charge < -0.3 is 28.1 Å². The summed E-state index contributed by atoms with van der Waals surface area (Å²) in [7, 11) is 0. The zero-order chi connectivity index (χ0) is 24.9. The minimum atomic E-state index is -1.05. The number of halogens is 1. The molecule has 2 rings (SSSR count). The molecular weight excluding hydrogens is 472 g/mol. The number of ether oxygens (including phenoxy) is 5.